The minimum atomic E-state index is 0.180. The molecule has 0 aliphatic carbocycles. The number of likely N-dealkylation sites (tertiary alicyclic amines) is 1. The molecule has 0 N–H and O–H groups in total. The number of carbonyl (C=O) groups is 1. The van der Waals surface area contributed by atoms with E-state index in [-0.39, 0.29) is 11.9 Å². The normalized spacial score (nSPS) is 18.4. The number of amides is 1. The van der Waals surface area contributed by atoms with Gasteiger partial charge in [-0.05, 0) is 30.5 Å². The summed E-state index contributed by atoms with van der Waals surface area (Å²) in [7, 11) is 0. The van der Waals surface area contributed by atoms with Crippen molar-refractivity contribution in [1.29, 1.82) is 0 Å². The van der Waals surface area contributed by atoms with Gasteiger partial charge in [-0.1, -0.05) is 0 Å². The first-order chi connectivity index (χ1) is 9.84. The average Bonchev–Trinajstić information content (AvgIpc) is 3.17. The molecule has 6 heteroatoms. The first kappa shape index (κ1) is 12.8. The molecule has 2 aromatic heterocycles. The van der Waals surface area contributed by atoms with Gasteiger partial charge in [0.1, 0.15) is 12.7 Å². The van der Waals surface area contributed by atoms with Crippen LogP contribution in [0, 0.1) is 0 Å². The second-order valence-corrected chi connectivity index (χ2v) is 4.93. The van der Waals surface area contributed by atoms with Crippen LogP contribution in [0.1, 0.15) is 30.9 Å². The molecule has 1 aliphatic heterocycles. The molecule has 0 bridgehead atoms. The molecular weight excluding hydrogens is 254 g/mol. The maximum absolute atomic E-state index is 12.4. The maximum atomic E-state index is 12.4. The molecule has 1 aliphatic rings. The second-order valence-electron chi connectivity index (χ2n) is 4.93. The monoisotopic (exact) mass is 271 g/mol. The fourth-order valence-electron chi connectivity index (χ4n) is 2.70. The highest BCUT2D eigenvalue weighted by Gasteiger charge is 2.29. The number of pyridine rings is 1. The number of nitrogens with zero attached hydrogens (tertiary/aromatic N) is 5. The molecule has 6 nitrogen and oxygen atoms in total. The number of aromatic nitrogens is 4. The predicted octanol–water partition coefficient (Wildman–Crippen LogP) is 1.43. The van der Waals surface area contributed by atoms with E-state index in [0.29, 0.717) is 13.0 Å². The van der Waals surface area contributed by atoms with Crippen LogP contribution in [0.4, 0.5) is 0 Å². The summed E-state index contributed by atoms with van der Waals surface area (Å²) in [6, 6.07) is 4.18. The van der Waals surface area contributed by atoms with E-state index in [4.69, 9.17) is 0 Å². The number of carbonyl (C=O) groups excluding carboxylic acids is 1. The van der Waals surface area contributed by atoms with Crippen molar-refractivity contribution < 1.29 is 4.79 Å². The quantitative estimate of drug-likeness (QED) is 0.843. The van der Waals surface area contributed by atoms with Crippen molar-refractivity contribution in [3.8, 4) is 0 Å². The lowest BCUT2D eigenvalue weighted by atomic mass is 10.1. The minimum Gasteiger partial charge on any atom is -0.336 e. The molecule has 3 rings (SSSR count). The van der Waals surface area contributed by atoms with Gasteiger partial charge in [-0.25, -0.2) is 4.98 Å². The van der Waals surface area contributed by atoms with Gasteiger partial charge in [0, 0.05) is 25.4 Å². The zero-order valence-electron chi connectivity index (χ0n) is 11.2. The molecule has 104 valence electrons. The Bertz CT molecular complexity index is 554. The third-order valence-corrected chi connectivity index (χ3v) is 3.69. The SMILES string of the molecule is O=C(CCn1cncn1)N1CCCC1c1ccncc1. The highest BCUT2D eigenvalue weighted by Crippen LogP contribution is 2.31. The summed E-state index contributed by atoms with van der Waals surface area (Å²) in [6.07, 6.45) is 9.24. The van der Waals surface area contributed by atoms with Crippen LogP contribution < -0.4 is 0 Å². The van der Waals surface area contributed by atoms with E-state index in [9.17, 15) is 4.79 Å². The van der Waals surface area contributed by atoms with Crippen molar-refractivity contribution in [2.24, 2.45) is 0 Å². The Morgan fingerprint density at radius 2 is 2.15 bits per heavy atom. The summed E-state index contributed by atoms with van der Waals surface area (Å²) in [5.74, 6) is 0.180. The topological polar surface area (TPSA) is 63.9 Å². The van der Waals surface area contributed by atoms with Crippen LogP contribution in [0.5, 0.6) is 0 Å². The van der Waals surface area contributed by atoms with Gasteiger partial charge in [-0.2, -0.15) is 5.10 Å². The summed E-state index contributed by atoms with van der Waals surface area (Å²) in [5, 5.41) is 4.02. The van der Waals surface area contributed by atoms with Crippen molar-refractivity contribution >= 4 is 5.91 Å². The van der Waals surface area contributed by atoms with Crippen LogP contribution in [0.25, 0.3) is 0 Å². The van der Waals surface area contributed by atoms with E-state index < -0.39 is 0 Å². The summed E-state index contributed by atoms with van der Waals surface area (Å²) in [4.78, 5) is 22.3. The molecule has 3 heterocycles. The summed E-state index contributed by atoms with van der Waals surface area (Å²) >= 11 is 0. The molecule has 0 aromatic carbocycles. The highest BCUT2D eigenvalue weighted by molar-refractivity contribution is 5.77. The van der Waals surface area contributed by atoms with Gasteiger partial charge in [0.05, 0.1) is 12.6 Å². The van der Waals surface area contributed by atoms with Crippen molar-refractivity contribution in [1.82, 2.24) is 24.6 Å². The van der Waals surface area contributed by atoms with Gasteiger partial charge in [0.2, 0.25) is 5.91 Å². The number of aryl methyl sites for hydroxylation is 1. The molecule has 2 aromatic rings. The summed E-state index contributed by atoms with van der Waals surface area (Å²) in [5.41, 5.74) is 1.17. The predicted molar refractivity (Wildman–Crippen MR) is 72.6 cm³/mol. The molecule has 0 spiro atoms. The average molecular weight is 271 g/mol. The van der Waals surface area contributed by atoms with E-state index in [1.807, 2.05) is 17.0 Å². The Hall–Kier alpha value is -2.24. The third kappa shape index (κ3) is 2.68. The van der Waals surface area contributed by atoms with Crippen LogP contribution >= 0.6 is 0 Å². The van der Waals surface area contributed by atoms with Crippen LogP contribution in [0.15, 0.2) is 37.2 Å². The fourth-order valence-corrected chi connectivity index (χ4v) is 2.70. The third-order valence-electron chi connectivity index (χ3n) is 3.69. The van der Waals surface area contributed by atoms with Gasteiger partial charge in [-0.15, -0.1) is 0 Å². The Morgan fingerprint density at radius 3 is 2.90 bits per heavy atom. The zero-order valence-corrected chi connectivity index (χ0v) is 11.2. The first-order valence-electron chi connectivity index (χ1n) is 6.86. The van der Waals surface area contributed by atoms with Gasteiger partial charge in [0.15, 0.2) is 0 Å². The van der Waals surface area contributed by atoms with Crippen molar-refractivity contribution in [2.45, 2.75) is 31.8 Å². The highest BCUT2D eigenvalue weighted by atomic mass is 16.2. The maximum Gasteiger partial charge on any atom is 0.224 e. The Morgan fingerprint density at radius 1 is 1.30 bits per heavy atom. The van der Waals surface area contributed by atoms with Crippen molar-refractivity contribution in [2.75, 3.05) is 6.54 Å². The number of rotatable bonds is 4. The molecule has 20 heavy (non-hydrogen) atoms. The lowest BCUT2D eigenvalue weighted by Crippen LogP contribution is -2.31. The molecule has 1 amide bonds. The summed E-state index contributed by atoms with van der Waals surface area (Å²) in [6.45, 7) is 1.42. The van der Waals surface area contributed by atoms with E-state index in [2.05, 4.69) is 15.1 Å². The standard InChI is InChI=1S/C14H17N5O/c20-14(5-9-18-11-16-10-17-18)19-8-1-2-13(19)12-3-6-15-7-4-12/h3-4,6-7,10-11,13H,1-2,5,8-9H2. The lowest BCUT2D eigenvalue weighted by molar-refractivity contribution is -0.132. The van der Waals surface area contributed by atoms with Crippen LogP contribution in [0.3, 0.4) is 0 Å². The molecule has 0 saturated carbocycles. The molecular formula is C14H17N5O. The fraction of sp³-hybridized carbons (Fsp3) is 0.429. The van der Waals surface area contributed by atoms with Gasteiger partial charge < -0.3 is 4.90 Å². The van der Waals surface area contributed by atoms with Gasteiger partial charge in [0.25, 0.3) is 0 Å². The lowest BCUT2D eigenvalue weighted by Gasteiger charge is -2.25. The van der Waals surface area contributed by atoms with Gasteiger partial charge >= 0.3 is 0 Å². The summed E-state index contributed by atoms with van der Waals surface area (Å²) < 4.78 is 1.69. The van der Waals surface area contributed by atoms with E-state index in [0.717, 1.165) is 19.4 Å². The largest absolute Gasteiger partial charge is 0.336 e. The molecule has 1 unspecified atom stereocenters. The number of hydrogen-bond acceptors (Lipinski definition) is 4. The molecule has 1 atom stereocenters. The first-order valence-corrected chi connectivity index (χ1v) is 6.86. The smallest absolute Gasteiger partial charge is 0.224 e. The number of hydrogen-bond donors (Lipinski definition) is 0. The van der Waals surface area contributed by atoms with Gasteiger partial charge in [-0.3, -0.25) is 14.5 Å². The van der Waals surface area contributed by atoms with Crippen molar-refractivity contribution in [3.63, 3.8) is 0 Å². The molecule has 1 fully saturated rings. The Kier molecular flexibility index (Phi) is 3.71. The van der Waals surface area contributed by atoms with Crippen LogP contribution in [0.2, 0.25) is 0 Å². The molecule has 1 saturated heterocycles. The Balaban J connectivity index is 1.64. The van der Waals surface area contributed by atoms with Crippen LogP contribution in [-0.4, -0.2) is 37.1 Å². The zero-order chi connectivity index (χ0) is 13.8. The molecule has 0 radical (unpaired) electrons. The second kappa shape index (κ2) is 5.81. The van der Waals surface area contributed by atoms with E-state index >= 15 is 0 Å². The van der Waals surface area contributed by atoms with E-state index in [1.165, 1.54) is 11.9 Å². The minimum absolute atomic E-state index is 0.180. The van der Waals surface area contributed by atoms with E-state index in [1.54, 1.807) is 23.4 Å². The Labute approximate surface area is 117 Å². The van der Waals surface area contributed by atoms with Crippen LogP contribution in [-0.2, 0) is 11.3 Å². The van der Waals surface area contributed by atoms with Crippen molar-refractivity contribution in [3.05, 3.63) is 42.7 Å².